The molecule has 3 aromatic rings. The zero-order valence-electron chi connectivity index (χ0n) is 17.6. The van der Waals surface area contributed by atoms with Crippen LogP contribution in [0.15, 0.2) is 66.7 Å². The van der Waals surface area contributed by atoms with Crippen LogP contribution in [-0.2, 0) is 18.3 Å². The predicted octanol–water partition coefficient (Wildman–Crippen LogP) is 3.48. The van der Waals surface area contributed by atoms with Gasteiger partial charge in [0, 0.05) is 44.3 Å². The Morgan fingerprint density at radius 3 is 2.68 bits per heavy atom. The van der Waals surface area contributed by atoms with Gasteiger partial charge in [-0.25, -0.2) is 0 Å². The number of hydrogen-bond donors (Lipinski definition) is 0. The average molecular weight is 435 g/mol. The van der Waals surface area contributed by atoms with Crippen molar-refractivity contribution < 1.29 is 9.59 Å². The third-order valence-corrected chi connectivity index (χ3v) is 6.47. The molecule has 1 aliphatic heterocycles. The molecule has 1 aromatic carbocycles. The number of rotatable bonds is 6. The predicted molar refractivity (Wildman–Crippen MR) is 123 cm³/mol. The van der Waals surface area contributed by atoms with Gasteiger partial charge in [0.05, 0.1) is 5.92 Å². The normalized spacial score (nSPS) is 16.9. The lowest BCUT2D eigenvalue weighted by molar-refractivity contribution is -0.134. The Balaban J connectivity index is 1.54. The van der Waals surface area contributed by atoms with Crippen LogP contribution >= 0.6 is 11.3 Å². The Morgan fingerprint density at radius 2 is 2.03 bits per heavy atom. The number of amides is 2. The molecule has 1 saturated heterocycles. The van der Waals surface area contributed by atoms with Crippen molar-refractivity contribution in [3.8, 4) is 10.4 Å². The van der Waals surface area contributed by atoms with Crippen molar-refractivity contribution in [1.82, 2.24) is 19.6 Å². The zero-order valence-corrected chi connectivity index (χ0v) is 18.4. The van der Waals surface area contributed by atoms with Crippen molar-refractivity contribution in [2.75, 3.05) is 26.2 Å². The Bertz CT molecular complexity index is 1060. The minimum Gasteiger partial charge on any atom is -0.337 e. The van der Waals surface area contributed by atoms with Crippen LogP contribution in [0, 0.1) is 5.92 Å². The Morgan fingerprint density at radius 1 is 1.23 bits per heavy atom. The quantitative estimate of drug-likeness (QED) is 0.558. The molecular formula is C24H26N4O2S. The van der Waals surface area contributed by atoms with Crippen LogP contribution in [-0.4, -0.2) is 57.6 Å². The van der Waals surface area contributed by atoms with Gasteiger partial charge in [0.1, 0.15) is 5.69 Å². The molecule has 160 valence electrons. The molecule has 6 nitrogen and oxygen atoms in total. The van der Waals surface area contributed by atoms with Gasteiger partial charge in [-0.3, -0.25) is 14.3 Å². The number of nitrogens with zero attached hydrogens (tertiary/aromatic N) is 4. The van der Waals surface area contributed by atoms with Gasteiger partial charge >= 0.3 is 0 Å². The highest BCUT2D eigenvalue weighted by atomic mass is 32.1. The molecule has 4 rings (SSSR count). The van der Waals surface area contributed by atoms with E-state index in [4.69, 9.17) is 0 Å². The number of thiophene rings is 1. The van der Waals surface area contributed by atoms with Crippen LogP contribution in [0.1, 0.15) is 16.1 Å². The first-order valence-electron chi connectivity index (χ1n) is 10.4. The van der Waals surface area contributed by atoms with E-state index in [0.717, 1.165) is 5.56 Å². The maximum atomic E-state index is 13.2. The molecule has 0 radical (unpaired) electrons. The first kappa shape index (κ1) is 21.1. The van der Waals surface area contributed by atoms with E-state index in [1.807, 2.05) is 6.07 Å². The summed E-state index contributed by atoms with van der Waals surface area (Å²) in [6.07, 6.45) is 4.08. The maximum absolute atomic E-state index is 13.2. The van der Waals surface area contributed by atoms with Crippen LogP contribution in [0.3, 0.4) is 0 Å². The lowest BCUT2D eigenvalue weighted by Crippen LogP contribution is -2.38. The summed E-state index contributed by atoms with van der Waals surface area (Å²) in [6.45, 7) is 5.64. The highest BCUT2D eigenvalue weighted by molar-refractivity contribution is 7.13. The summed E-state index contributed by atoms with van der Waals surface area (Å²) in [5.41, 5.74) is 2.67. The van der Waals surface area contributed by atoms with E-state index in [9.17, 15) is 9.59 Å². The molecule has 7 heteroatoms. The number of carbonyl (C=O) groups is 2. The lowest BCUT2D eigenvalue weighted by atomic mass is 9.96. The minimum absolute atomic E-state index is 0.0681. The summed E-state index contributed by atoms with van der Waals surface area (Å²) < 4.78 is 1.62. The monoisotopic (exact) mass is 434 g/mol. The molecule has 0 unspecified atom stereocenters. The maximum Gasteiger partial charge on any atom is 0.274 e. The van der Waals surface area contributed by atoms with Crippen LogP contribution in [0.5, 0.6) is 0 Å². The van der Waals surface area contributed by atoms with E-state index in [-0.39, 0.29) is 17.7 Å². The molecule has 31 heavy (non-hydrogen) atoms. The zero-order chi connectivity index (χ0) is 21.8. The largest absolute Gasteiger partial charge is 0.337 e. The highest BCUT2D eigenvalue weighted by Crippen LogP contribution is 2.26. The smallest absolute Gasteiger partial charge is 0.274 e. The van der Waals surface area contributed by atoms with Crippen molar-refractivity contribution in [2.24, 2.45) is 13.0 Å². The minimum atomic E-state index is -0.303. The van der Waals surface area contributed by atoms with E-state index in [0.29, 0.717) is 38.3 Å². The summed E-state index contributed by atoms with van der Waals surface area (Å²) in [6, 6.07) is 14.2. The van der Waals surface area contributed by atoms with E-state index in [2.05, 4.69) is 47.4 Å². The van der Waals surface area contributed by atoms with Gasteiger partial charge in [0.15, 0.2) is 0 Å². The van der Waals surface area contributed by atoms with Gasteiger partial charge < -0.3 is 9.80 Å². The van der Waals surface area contributed by atoms with E-state index in [1.54, 1.807) is 51.2 Å². The van der Waals surface area contributed by atoms with Gasteiger partial charge in [-0.2, -0.15) is 5.10 Å². The number of carbonyl (C=O) groups excluding carboxylic acids is 2. The van der Waals surface area contributed by atoms with Crippen LogP contribution in [0.4, 0.5) is 0 Å². The Hall–Kier alpha value is -3.19. The summed E-state index contributed by atoms with van der Waals surface area (Å²) >= 11 is 1.71. The number of aromatic nitrogens is 2. The highest BCUT2D eigenvalue weighted by Gasteiger charge is 2.32. The van der Waals surface area contributed by atoms with Crippen molar-refractivity contribution in [2.45, 2.75) is 6.42 Å². The summed E-state index contributed by atoms with van der Waals surface area (Å²) in [7, 11) is 1.79. The van der Waals surface area contributed by atoms with E-state index in [1.165, 1.54) is 10.4 Å². The third-order valence-electron chi connectivity index (χ3n) is 5.55. The number of aryl methyl sites for hydroxylation is 1. The van der Waals surface area contributed by atoms with E-state index >= 15 is 0 Å². The summed E-state index contributed by atoms with van der Waals surface area (Å²) in [5.74, 6) is -0.367. The van der Waals surface area contributed by atoms with Gasteiger partial charge in [-0.15, -0.1) is 17.9 Å². The van der Waals surface area contributed by atoms with Crippen molar-refractivity contribution in [3.63, 3.8) is 0 Å². The molecule has 1 fully saturated rings. The van der Waals surface area contributed by atoms with E-state index < -0.39 is 0 Å². The second-order valence-corrected chi connectivity index (χ2v) is 8.72. The average Bonchev–Trinajstić information content (AvgIpc) is 3.44. The van der Waals surface area contributed by atoms with Crippen LogP contribution < -0.4 is 0 Å². The fraction of sp³-hybridized carbons (Fsp3) is 0.292. The van der Waals surface area contributed by atoms with Gasteiger partial charge in [0.2, 0.25) is 5.91 Å². The molecule has 2 amide bonds. The molecular weight excluding hydrogens is 408 g/mol. The standard InChI is InChI=1S/C24H26N4O2S/c1-3-11-27-13-14-28(24(30)21-10-12-26(2)25-21)17-20(23(27)29)16-18-6-8-19(9-7-18)22-5-4-15-31-22/h3-10,12,15,20H,1,11,13-14,16-17H2,2H3/t20-/m1/s1. The molecule has 0 saturated carbocycles. The van der Waals surface area contributed by atoms with Gasteiger partial charge in [0.25, 0.3) is 5.91 Å². The first-order chi connectivity index (χ1) is 15.0. The second kappa shape index (κ2) is 9.31. The Kier molecular flexibility index (Phi) is 6.32. The second-order valence-electron chi connectivity index (χ2n) is 7.77. The third kappa shape index (κ3) is 4.77. The molecule has 0 bridgehead atoms. The number of benzene rings is 1. The molecule has 1 atom stereocenters. The molecule has 1 aliphatic rings. The fourth-order valence-corrected chi connectivity index (χ4v) is 4.68. The summed E-state index contributed by atoms with van der Waals surface area (Å²) in [4.78, 5) is 31.0. The summed E-state index contributed by atoms with van der Waals surface area (Å²) in [5, 5.41) is 6.31. The first-order valence-corrected chi connectivity index (χ1v) is 11.2. The van der Waals surface area contributed by atoms with Crippen LogP contribution in [0.2, 0.25) is 0 Å². The SMILES string of the molecule is C=CCN1CCN(C(=O)c2ccn(C)n2)C[C@@H](Cc2ccc(-c3cccs3)cc2)C1=O. The topological polar surface area (TPSA) is 58.4 Å². The van der Waals surface area contributed by atoms with Crippen molar-refractivity contribution >= 4 is 23.2 Å². The van der Waals surface area contributed by atoms with Crippen LogP contribution in [0.25, 0.3) is 10.4 Å². The Labute approximate surface area is 186 Å². The lowest BCUT2D eigenvalue weighted by Gasteiger charge is -2.23. The number of hydrogen-bond acceptors (Lipinski definition) is 4. The van der Waals surface area contributed by atoms with Crippen molar-refractivity contribution in [1.29, 1.82) is 0 Å². The molecule has 0 N–H and O–H groups in total. The molecule has 2 aromatic heterocycles. The molecule has 3 heterocycles. The van der Waals surface area contributed by atoms with Gasteiger partial charge in [-0.05, 0) is 35.1 Å². The fourth-order valence-electron chi connectivity index (χ4n) is 3.94. The molecule has 0 spiro atoms. The molecule has 0 aliphatic carbocycles. The van der Waals surface area contributed by atoms with Gasteiger partial charge in [-0.1, -0.05) is 36.4 Å². The van der Waals surface area contributed by atoms with Crippen molar-refractivity contribution in [3.05, 3.63) is 78.0 Å².